The predicted molar refractivity (Wildman–Crippen MR) is 415 cm³/mol. The van der Waals surface area contributed by atoms with Crippen molar-refractivity contribution in [3.05, 3.63) is 209 Å². The topological polar surface area (TPSA) is 262 Å². The Balaban J connectivity index is 1.02. The van der Waals surface area contributed by atoms with Gasteiger partial charge in [-0.1, -0.05) is 57.2 Å². The highest BCUT2D eigenvalue weighted by atomic mass is 16.6. The average Bonchev–Trinajstić information content (AvgIpc) is 1.06. The highest BCUT2D eigenvalue weighted by Crippen LogP contribution is 2.56. The van der Waals surface area contributed by atoms with Crippen molar-refractivity contribution in [2.75, 3.05) is 13.2 Å². The van der Waals surface area contributed by atoms with Crippen molar-refractivity contribution in [2.45, 2.75) is 171 Å². The Kier molecular flexibility index (Phi) is 20.6. The van der Waals surface area contributed by atoms with Crippen LogP contribution in [0.3, 0.4) is 0 Å². The molecular formula is C91H94O17. The second-order valence-electron chi connectivity index (χ2n) is 31.1. The number of rotatable bonds is 24. The first kappa shape index (κ1) is 75.2. The minimum atomic E-state index is -0.794. The van der Waals surface area contributed by atoms with E-state index in [1.54, 1.807) is 107 Å². The summed E-state index contributed by atoms with van der Waals surface area (Å²) in [5.74, 6) is -5.77. The number of hydrogen-bond acceptors (Lipinski definition) is 17. The molecule has 108 heavy (non-hydrogen) atoms. The van der Waals surface area contributed by atoms with Gasteiger partial charge in [0.25, 0.3) is 0 Å². The van der Waals surface area contributed by atoms with Gasteiger partial charge in [0.2, 0.25) is 0 Å². The molecule has 10 unspecified atom stereocenters. The van der Waals surface area contributed by atoms with Gasteiger partial charge in [-0.3, -0.25) is 19.2 Å². The Morgan fingerprint density at radius 2 is 0.676 bits per heavy atom. The number of aryl methyl sites for hydroxylation is 12. The maximum atomic E-state index is 15.2. The molecule has 0 aliphatic heterocycles. The summed E-state index contributed by atoms with van der Waals surface area (Å²) in [7, 11) is 0. The third-order valence-electron chi connectivity index (χ3n) is 23.2. The van der Waals surface area contributed by atoms with E-state index in [9.17, 15) is 40.2 Å². The summed E-state index contributed by atoms with van der Waals surface area (Å²) in [4.78, 5) is 72.9. The summed E-state index contributed by atoms with van der Waals surface area (Å²) in [6.45, 7) is 27.9. The Labute approximate surface area is 629 Å². The third-order valence-corrected chi connectivity index (χ3v) is 23.2. The normalized spacial score (nSPS) is 18.2. The molecule has 560 valence electrons. The molecule has 3 saturated carbocycles. The number of carbonyl (C=O) groups excluding carboxylic acids is 5. The number of ether oxygens (including phenoxy) is 6. The van der Waals surface area contributed by atoms with E-state index >= 15 is 14.4 Å². The van der Waals surface area contributed by atoms with Gasteiger partial charge >= 0.3 is 23.9 Å². The zero-order valence-corrected chi connectivity index (χ0v) is 63.9. The van der Waals surface area contributed by atoms with Crippen LogP contribution in [-0.4, -0.2) is 74.0 Å². The van der Waals surface area contributed by atoms with Gasteiger partial charge < -0.3 is 63.9 Å². The summed E-state index contributed by atoms with van der Waals surface area (Å²) in [5.41, 5.74) is 14.1. The van der Waals surface area contributed by atoms with E-state index in [1.807, 2.05) is 98.7 Å². The van der Waals surface area contributed by atoms with Crippen LogP contribution in [0, 0.1) is 107 Å². The van der Waals surface area contributed by atoms with Gasteiger partial charge in [0, 0.05) is 12.3 Å². The maximum Gasteiger partial charge on any atom is 0.315 e. The minimum Gasteiger partial charge on any atom is -0.508 e. The molecular weight excluding hydrogens is 1360 g/mol. The summed E-state index contributed by atoms with van der Waals surface area (Å²) in [6, 6.07) is 31.7. The fraction of sp³-hybridized carbons (Fsp3) is 0.352. The van der Waals surface area contributed by atoms with Crippen molar-refractivity contribution in [3.8, 4) is 69.0 Å². The van der Waals surface area contributed by atoms with Crippen molar-refractivity contribution in [2.24, 2.45) is 23.7 Å². The van der Waals surface area contributed by atoms with Crippen molar-refractivity contribution in [3.63, 3.8) is 0 Å². The standard InChI is InChI=1S/C91H94O17/c1-42(58-20-49(8)76(93)26-43(58)2)17-19-103-82-35-67-68-36-83(104-41-57(16-18-92)60-22-51(10)78(95)28-45(60)4)85(105-88(99)56(15)55(14)59-21-50(9)77(94)27-44(59)3)38-70(68)72-40-87(108-91(102)75-34-66(75)63-25-54(13)81(98)31-48(63)7)86(107-90(101)74-33-65(74)62-24-53(12)80(97)30-47(62)6)39-71(72)69(67)37-84(82)106-89(100)73-32-64(73)61-23-52(11)79(96)29-46(61)5/h18,20-31,35-40,42,55-57,64-66,73-75,93-98H,16-17,19,32-34,41H2,1-15H3. The van der Waals surface area contributed by atoms with Gasteiger partial charge in [0.05, 0.1) is 36.9 Å². The molecule has 17 heteroatoms. The minimum absolute atomic E-state index is 0.0166. The quantitative estimate of drug-likeness (QED) is 0.0142. The lowest BCUT2D eigenvalue weighted by molar-refractivity contribution is -0.139. The number of esters is 4. The molecule has 0 heterocycles. The van der Waals surface area contributed by atoms with Crippen molar-refractivity contribution in [1.29, 1.82) is 0 Å². The van der Waals surface area contributed by atoms with Crippen LogP contribution in [0.4, 0.5) is 0 Å². The molecule has 3 fully saturated rings. The predicted octanol–water partition coefficient (Wildman–Crippen LogP) is 18.9. The Morgan fingerprint density at radius 1 is 0.370 bits per heavy atom. The van der Waals surface area contributed by atoms with Crippen LogP contribution < -0.4 is 28.4 Å². The second-order valence-corrected chi connectivity index (χ2v) is 31.1. The maximum absolute atomic E-state index is 15.2. The first-order valence-corrected chi connectivity index (χ1v) is 37.2. The summed E-state index contributed by atoms with van der Waals surface area (Å²) >= 11 is 0. The van der Waals surface area contributed by atoms with E-state index in [1.165, 1.54) is 0 Å². The number of aldehydes is 1. The van der Waals surface area contributed by atoms with Gasteiger partial charge in [-0.15, -0.1) is 0 Å². The number of carbonyl (C=O) groups is 5. The van der Waals surface area contributed by atoms with Gasteiger partial charge in [-0.2, -0.15) is 0 Å². The molecule has 10 atom stereocenters. The van der Waals surface area contributed by atoms with Crippen LogP contribution in [0.2, 0.25) is 0 Å². The van der Waals surface area contributed by atoms with Crippen LogP contribution in [0.5, 0.6) is 69.0 Å². The Bertz CT molecular complexity index is 5370. The lowest BCUT2D eigenvalue weighted by atomic mass is 9.85. The van der Waals surface area contributed by atoms with Crippen LogP contribution in [0.15, 0.2) is 109 Å². The Hall–Kier alpha value is -11.1. The molecule has 13 rings (SSSR count). The highest BCUT2D eigenvalue weighted by Gasteiger charge is 2.49. The lowest BCUT2D eigenvalue weighted by Gasteiger charge is -2.24. The van der Waals surface area contributed by atoms with E-state index in [-0.39, 0.29) is 112 Å². The zero-order valence-electron chi connectivity index (χ0n) is 63.9. The number of phenols is 6. The largest absolute Gasteiger partial charge is 0.508 e. The highest BCUT2D eigenvalue weighted by molar-refractivity contribution is 6.27. The van der Waals surface area contributed by atoms with Gasteiger partial charge in [-0.25, -0.2) is 0 Å². The van der Waals surface area contributed by atoms with Crippen molar-refractivity contribution >= 4 is 62.5 Å². The number of phenolic OH excluding ortho intramolecular Hbond substituents is 6. The smallest absolute Gasteiger partial charge is 0.315 e. The summed E-state index contributed by atoms with van der Waals surface area (Å²) < 4.78 is 40.3. The van der Waals surface area contributed by atoms with Crippen LogP contribution in [0.1, 0.15) is 189 Å². The van der Waals surface area contributed by atoms with Crippen LogP contribution in [-0.2, 0) is 24.0 Å². The molecule has 0 spiro atoms. The summed E-state index contributed by atoms with van der Waals surface area (Å²) in [5, 5.41) is 66.8. The fourth-order valence-electron chi connectivity index (χ4n) is 15.9. The fourth-order valence-corrected chi connectivity index (χ4v) is 15.9. The van der Waals surface area contributed by atoms with Crippen LogP contribution >= 0.6 is 0 Å². The third kappa shape index (κ3) is 14.9. The van der Waals surface area contributed by atoms with Gasteiger partial charge in [0.1, 0.15) is 40.8 Å². The number of fused-ring (bicyclic) bond motifs is 6. The van der Waals surface area contributed by atoms with Crippen molar-refractivity contribution < 1.29 is 83.0 Å². The molecule has 0 bridgehead atoms. The van der Waals surface area contributed by atoms with Crippen molar-refractivity contribution in [1.82, 2.24) is 0 Å². The van der Waals surface area contributed by atoms with E-state index in [0.717, 1.165) is 78.6 Å². The second kappa shape index (κ2) is 29.6. The number of hydrogen-bond donors (Lipinski definition) is 6. The molecule has 17 nitrogen and oxygen atoms in total. The molecule has 10 aromatic rings. The molecule has 10 aromatic carbocycles. The molecule has 0 amide bonds. The average molecular weight is 1460 g/mol. The molecule has 0 saturated heterocycles. The van der Waals surface area contributed by atoms with E-state index in [0.29, 0.717) is 85.8 Å². The van der Waals surface area contributed by atoms with E-state index in [4.69, 9.17) is 28.4 Å². The molecule has 0 aromatic heterocycles. The van der Waals surface area contributed by atoms with E-state index in [2.05, 4.69) is 6.92 Å². The molecule has 6 N–H and O–H groups in total. The molecule has 3 aliphatic carbocycles. The van der Waals surface area contributed by atoms with Gasteiger partial charge in [0.15, 0.2) is 34.5 Å². The first-order chi connectivity index (χ1) is 51.3. The monoisotopic (exact) mass is 1460 g/mol. The van der Waals surface area contributed by atoms with Gasteiger partial charge in [-0.05, 0) is 344 Å². The molecule has 0 radical (unpaired) electrons. The van der Waals surface area contributed by atoms with E-state index < -0.39 is 59.4 Å². The SMILES string of the molecule is Cc1cc(C(C)CCOc2cc3c4cc(OCC(CC=O)c5cc(C)c(O)cc5C)c(OC(=O)C(C)C(C)c5cc(C)c(O)cc5C)cc4c4cc(OC(=O)C5CC5c5cc(C)c(O)cc5C)c(OC(=O)C5CC5c5cc(C)c(O)cc5C)cc4c3cc2OC(=O)C2CC2c2cc(C)c(O)cc2C)c(C)cc1O. The Morgan fingerprint density at radius 3 is 1.06 bits per heavy atom. The molecule has 3 aliphatic rings. The summed E-state index contributed by atoms with van der Waals surface area (Å²) in [6.07, 6.45) is 2.66. The number of aromatic hydroxyl groups is 6. The number of benzene rings is 10. The van der Waals surface area contributed by atoms with Crippen LogP contribution in [0.25, 0.3) is 32.3 Å². The zero-order chi connectivity index (χ0) is 77.5. The lowest BCUT2D eigenvalue weighted by Crippen LogP contribution is -2.23. The first-order valence-electron chi connectivity index (χ1n) is 37.2.